The summed E-state index contributed by atoms with van der Waals surface area (Å²) in [5.74, 6) is 1.48. The number of aryl methyl sites for hydroxylation is 3. The fraction of sp³-hybridized carbons (Fsp3) is 0.238. The van der Waals surface area contributed by atoms with Gasteiger partial charge in [-0.2, -0.15) is 10.2 Å². The zero-order valence-electron chi connectivity index (χ0n) is 17.1. The van der Waals surface area contributed by atoms with E-state index in [2.05, 4.69) is 39.4 Å². The number of hydrogen-bond donors (Lipinski definition) is 1. The molecule has 154 valence electrons. The van der Waals surface area contributed by atoms with Crippen LogP contribution in [-0.4, -0.2) is 33.1 Å². The van der Waals surface area contributed by atoms with Gasteiger partial charge in [-0.3, -0.25) is 5.43 Å². The molecule has 0 unspecified atom stereocenters. The van der Waals surface area contributed by atoms with Crippen molar-refractivity contribution < 1.29 is 4.74 Å². The molecule has 30 heavy (non-hydrogen) atoms. The van der Waals surface area contributed by atoms with Gasteiger partial charge < -0.3 is 4.74 Å². The third kappa shape index (κ3) is 3.88. The summed E-state index contributed by atoms with van der Waals surface area (Å²) in [4.78, 5) is 10.8. The highest BCUT2D eigenvalue weighted by atomic mass is 35.5. The molecule has 9 heteroatoms. The van der Waals surface area contributed by atoms with Gasteiger partial charge in [0, 0.05) is 4.88 Å². The number of hydrazone groups is 1. The van der Waals surface area contributed by atoms with E-state index in [0.717, 1.165) is 38.4 Å². The highest BCUT2D eigenvalue weighted by Crippen LogP contribution is 2.32. The molecular weight excluding hydrogens is 420 g/mol. The first-order valence-electron chi connectivity index (χ1n) is 9.33. The maximum atomic E-state index is 6.58. The van der Waals surface area contributed by atoms with Crippen LogP contribution < -0.4 is 10.2 Å². The zero-order chi connectivity index (χ0) is 21.3. The van der Waals surface area contributed by atoms with Crippen molar-refractivity contribution in [1.82, 2.24) is 19.7 Å². The molecule has 4 rings (SSSR count). The molecule has 1 aromatic carbocycles. The molecule has 0 aliphatic heterocycles. The van der Waals surface area contributed by atoms with Crippen LogP contribution in [0.1, 0.15) is 27.3 Å². The van der Waals surface area contributed by atoms with Gasteiger partial charge in [0.15, 0.2) is 5.82 Å². The lowest BCUT2D eigenvalue weighted by Crippen LogP contribution is -2.02. The summed E-state index contributed by atoms with van der Waals surface area (Å²) < 4.78 is 7.04. The molecule has 0 amide bonds. The van der Waals surface area contributed by atoms with Crippen molar-refractivity contribution in [2.75, 3.05) is 12.5 Å². The van der Waals surface area contributed by atoms with Crippen molar-refractivity contribution in [3.63, 3.8) is 0 Å². The molecule has 0 bridgehead atoms. The van der Waals surface area contributed by atoms with Crippen LogP contribution in [0, 0.1) is 20.8 Å². The molecule has 7 nitrogen and oxygen atoms in total. The predicted octanol–water partition coefficient (Wildman–Crippen LogP) is 4.97. The number of nitrogens with zero attached hydrogens (tertiary/aromatic N) is 5. The van der Waals surface area contributed by atoms with Gasteiger partial charge in [-0.15, -0.1) is 11.3 Å². The maximum Gasteiger partial charge on any atom is 0.158 e. The Hall–Kier alpha value is -2.97. The average molecular weight is 441 g/mol. The number of ether oxygens (including phenoxy) is 1. The maximum absolute atomic E-state index is 6.58. The molecule has 0 fully saturated rings. The van der Waals surface area contributed by atoms with E-state index in [0.29, 0.717) is 17.5 Å². The molecule has 0 saturated carbocycles. The number of fused-ring (bicyclic) bond motifs is 1. The molecule has 3 heterocycles. The van der Waals surface area contributed by atoms with Crippen molar-refractivity contribution in [2.24, 2.45) is 5.10 Å². The molecule has 3 aromatic heterocycles. The number of halogens is 1. The van der Waals surface area contributed by atoms with Gasteiger partial charge in [-0.05, 0) is 44.0 Å². The van der Waals surface area contributed by atoms with Crippen LogP contribution in [0.2, 0.25) is 5.15 Å². The number of hydrogen-bond acceptors (Lipinski definition) is 7. The lowest BCUT2D eigenvalue weighted by atomic mass is 10.2. The van der Waals surface area contributed by atoms with E-state index in [9.17, 15) is 0 Å². The summed E-state index contributed by atoms with van der Waals surface area (Å²) in [6.45, 7) is 6.59. The Balaban J connectivity index is 1.56. The second-order valence-electron chi connectivity index (χ2n) is 6.85. The monoisotopic (exact) mass is 440 g/mol. The van der Waals surface area contributed by atoms with Crippen molar-refractivity contribution >= 4 is 45.2 Å². The highest BCUT2D eigenvalue weighted by Gasteiger charge is 2.14. The molecule has 0 spiro atoms. The molecule has 0 saturated heterocycles. The number of aromatic nitrogens is 4. The largest absolute Gasteiger partial charge is 0.497 e. The van der Waals surface area contributed by atoms with Crippen LogP contribution in [0.25, 0.3) is 10.2 Å². The van der Waals surface area contributed by atoms with Gasteiger partial charge in [-0.1, -0.05) is 23.7 Å². The minimum atomic E-state index is 0.524. The Kier molecular flexibility index (Phi) is 5.69. The van der Waals surface area contributed by atoms with Crippen LogP contribution in [0.3, 0.4) is 0 Å². The van der Waals surface area contributed by atoms with E-state index >= 15 is 0 Å². The van der Waals surface area contributed by atoms with Gasteiger partial charge in [0.2, 0.25) is 0 Å². The van der Waals surface area contributed by atoms with Gasteiger partial charge in [0.05, 0.1) is 36.5 Å². The second kappa shape index (κ2) is 8.41. The van der Waals surface area contributed by atoms with Crippen LogP contribution >= 0.6 is 22.9 Å². The average Bonchev–Trinajstić information content (AvgIpc) is 3.18. The summed E-state index contributed by atoms with van der Waals surface area (Å²) in [5, 5.41) is 10.4. The standard InChI is InChI=1S/C21H21ClN6OS/c1-12-14(3)30-21-18(12)20(23-11-24-21)26-25-9-17-13(2)27-28(19(17)22)10-15-6-5-7-16(8-15)29-4/h5-9,11H,10H2,1-4H3,(H,23,24,26)/b25-9+. The van der Waals surface area contributed by atoms with E-state index in [-0.39, 0.29) is 0 Å². The fourth-order valence-corrected chi connectivity index (χ4v) is 4.47. The van der Waals surface area contributed by atoms with E-state index in [1.54, 1.807) is 35.7 Å². The lowest BCUT2D eigenvalue weighted by Gasteiger charge is -2.06. The van der Waals surface area contributed by atoms with Gasteiger partial charge in [0.1, 0.15) is 22.1 Å². The molecule has 0 aliphatic rings. The third-order valence-electron chi connectivity index (χ3n) is 4.91. The first-order chi connectivity index (χ1) is 14.5. The van der Waals surface area contributed by atoms with E-state index in [1.165, 1.54) is 4.88 Å². The van der Waals surface area contributed by atoms with Crippen LogP contribution in [0.4, 0.5) is 5.82 Å². The van der Waals surface area contributed by atoms with Crippen molar-refractivity contribution in [3.05, 3.63) is 63.0 Å². The number of methoxy groups -OCH3 is 1. The highest BCUT2D eigenvalue weighted by molar-refractivity contribution is 7.18. The Bertz CT molecular complexity index is 1250. The van der Waals surface area contributed by atoms with Crippen LogP contribution in [0.5, 0.6) is 5.75 Å². The first kappa shape index (κ1) is 20.3. The Labute approximate surface area is 183 Å². The summed E-state index contributed by atoms with van der Waals surface area (Å²) in [6, 6.07) is 7.83. The lowest BCUT2D eigenvalue weighted by molar-refractivity contribution is 0.414. The minimum absolute atomic E-state index is 0.524. The number of anilines is 1. The number of nitrogens with one attached hydrogen (secondary N) is 1. The summed E-state index contributed by atoms with van der Waals surface area (Å²) in [7, 11) is 1.65. The third-order valence-corrected chi connectivity index (χ3v) is 6.42. The minimum Gasteiger partial charge on any atom is -0.497 e. The van der Waals surface area contributed by atoms with Crippen molar-refractivity contribution in [2.45, 2.75) is 27.3 Å². The Morgan fingerprint density at radius 2 is 2.10 bits per heavy atom. The number of thiophene rings is 1. The fourth-order valence-electron chi connectivity index (χ4n) is 3.19. The van der Waals surface area contributed by atoms with Crippen molar-refractivity contribution in [1.29, 1.82) is 0 Å². The van der Waals surface area contributed by atoms with E-state index < -0.39 is 0 Å². The van der Waals surface area contributed by atoms with E-state index in [4.69, 9.17) is 16.3 Å². The van der Waals surface area contributed by atoms with Gasteiger partial charge in [-0.25, -0.2) is 14.6 Å². The Morgan fingerprint density at radius 1 is 1.27 bits per heavy atom. The molecule has 0 aliphatic carbocycles. The topological polar surface area (TPSA) is 77.2 Å². The zero-order valence-corrected chi connectivity index (χ0v) is 18.7. The summed E-state index contributed by atoms with van der Waals surface area (Å²) in [5.41, 5.74) is 6.80. The number of benzene rings is 1. The molecule has 4 aromatic rings. The number of rotatable bonds is 6. The normalized spacial score (nSPS) is 11.5. The molecule has 1 N–H and O–H groups in total. The van der Waals surface area contributed by atoms with Crippen molar-refractivity contribution in [3.8, 4) is 5.75 Å². The van der Waals surface area contributed by atoms with Crippen LogP contribution in [-0.2, 0) is 6.54 Å². The second-order valence-corrected chi connectivity index (χ2v) is 8.42. The predicted molar refractivity (Wildman–Crippen MR) is 122 cm³/mol. The molecular formula is C21H21ClN6OS. The Morgan fingerprint density at radius 3 is 2.90 bits per heavy atom. The molecule has 0 atom stereocenters. The van der Waals surface area contributed by atoms with E-state index in [1.807, 2.05) is 31.2 Å². The van der Waals surface area contributed by atoms with Gasteiger partial charge >= 0.3 is 0 Å². The smallest absolute Gasteiger partial charge is 0.158 e. The van der Waals surface area contributed by atoms with Gasteiger partial charge in [0.25, 0.3) is 0 Å². The molecule has 0 radical (unpaired) electrons. The summed E-state index contributed by atoms with van der Waals surface area (Å²) >= 11 is 8.23. The van der Waals surface area contributed by atoms with Crippen LogP contribution in [0.15, 0.2) is 35.7 Å². The first-order valence-corrected chi connectivity index (χ1v) is 10.5. The quantitative estimate of drug-likeness (QED) is 0.338. The SMILES string of the molecule is COc1cccc(Cn2nc(C)c(/C=N/Nc3ncnc4sc(C)c(C)c34)c2Cl)c1. The summed E-state index contributed by atoms with van der Waals surface area (Å²) in [6.07, 6.45) is 3.22.